The molecule has 1 fully saturated rings. The van der Waals surface area contributed by atoms with Gasteiger partial charge in [0.1, 0.15) is 0 Å². The van der Waals surface area contributed by atoms with Gasteiger partial charge in [-0.15, -0.1) is 24.0 Å². The summed E-state index contributed by atoms with van der Waals surface area (Å²) in [5.74, 6) is 1.60. The van der Waals surface area contributed by atoms with Gasteiger partial charge in [0, 0.05) is 38.3 Å². The van der Waals surface area contributed by atoms with E-state index in [4.69, 9.17) is 4.74 Å². The Morgan fingerprint density at radius 3 is 2.43 bits per heavy atom. The van der Waals surface area contributed by atoms with E-state index in [9.17, 15) is 4.79 Å². The highest BCUT2D eigenvalue weighted by Gasteiger charge is 2.17. The largest absolute Gasteiger partial charge is 0.380 e. The smallest absolute Gasteiger partial charge is 0.253 e. The first-order chi connectivity index (χ1) is 14.1. The third-order valence-electron chi connectivity index (χ3n) is 4.99. The van der Waals surface area contributed by atoms with E-state index in [-0.39, 0.29) is 29.9 Å². The average Bonchev–Trinajstić information content (AvgIpc) is 2.74. The summed E-state index contributed by atoms with van der Waals surface area (Å²) in [6.07, 6.45) is 4.54. The first-order valence-electron chi connectivity index (χ1n) is 11.1. The summed E-state index contributed by atoms with van der Waals surface area (Å²) in [6.45, 7) is 11.8. The summed E-state index contributed by atoms with van der Waals surface area (Å²) in [6, 6.07) is 7.84. The van der Waals surface area contributed by atoms with Crippen molar-refractivity contribution in [2.45, 2.75) is 53.0 Å². The topological polar surface area (TPSA) is 66.0 Å². The molecule has 0 saturated carbocycles. The Labute approximate surface area is 199 Å². The molecule has 1 saturated heterocycles. The third kappa shape index (κ3) is 10.1. The van der Waals surface area contributed by atoms with Crippen molar-refractivity contribution in [3.63, 3.8) is 0 Å². The number of hydrogen-bond donors (Lipinski definition) is 2. The van der Waals surface area contributed by atoms with Gasteiger partial charge in [0.05, 0.1) is 13.2 Å². The van der Waals surface area contributed by atoms with Crippen molar-refractivity contribution >= 4 is 35.8 Å². The molecule has 170 valence electrons. The summed E-state index contributed by atoms with van der Waals surface area (Å²) in [7, 11) is 0. The van der Waals surface area contributed by atoms with Gasteiger partial charge in [-0.1, -0.05) is 26.0 Å². The number of benzene rings is 1. The number of likely N-dealkylation sites (tertiary alicyclic amines) is 1. The number of carbonyl (C=O) groups excluding carboxylic acids is 1. The molecule has 30 heavy (non-hydrogen) atoms. The van der Waals surface area contributed by atoms with Crippen molar-refractivity contribution in [1.29, 1.82) is 0 Å². The fraction of sp³-hybridized carbons (Fsp3) is 0.652. The van der Waals surface area contributed by atoms with E-state index in [1.165, 1.54) is 6.42 Å². The number of nitrogens with one attached hydrogen (secondary N) is 2. The van der Waals surface area contributed by atoms with Gasteiger partial charge in [-0.25, -0.2) is 4.99 Å². The van der Waals surface area contributed by atoms with E-state index in [1.807, 2.05) is 29.2 Å². The van der Waals surface area contributed by atoms with Crippen molar-refractivity contribution in [1.82, 2.24) is 15.5 Å². The van der Waals surface area contributed by atoms with Gasteiger partial charge >= 0.3 is 0 Å². The molecular weight excluding hydrogens is 491 g/mol. The van der Waals surface area contributed by atoms with Crippen molar-refractivity contribution in [3.05, 3.63) is 35.4 Å². The molecule has 6 nitrogen and oxygen atoms in total. The number of halogens is 1. The molecule has 1 aromatic rings. The minimum atomic E-state index is 0. The lowest BCUT2D eigenvalue weighted by Crippen LogP contribution is -2.39. The maximum Gasteiger partial charge on any atom is 0.253 e. The van der Waals surface area contributed by atoms with Crippen LogP contribution >= 0.6 is 24.0 Å². The minimum Gasteiger partial charge on any atom is -0.380 e. The molecule has 1 aliphatic rings. The van der Waals surface area contributed by atoms with Crippen molar-refractivity contribution < 1.29 is 9.53 Å². The molecular formula is C23H39IN4O2. The van der Waals surface area contributed by atoms with Gasteiger partial charge < -0.3 is 20.3 Å². The van der Waals surface area contributed by atoms with Gasteiger partial charge in [0.15, 0.2) is 5.96 Å². The highest BCUT2D eigenvalue weighted by Crippen LogP contribution is 2.14. The quantitative estimate of drug-likeness (QED) is 0.207. The molecule has 2 N–H and O–H groups in total. The van der Waals surface area contributed by atoms with Crippen LogP contribution in [0.3, 0.4) is 0 Å². The van der Waals surface area contributed by atoms with Crippen LogP contribution in [0.4, 0.5) is 0 Å². The van der Waals surface area contributed by atoms with E-state index in [2.05, 4.69) is 36.4 Å². The van der Waals surface area contributed by atoms with Crippen LogP contribution in [0.2, 0.25) is 0 Å². The van der Waals surface area contributed by atoms with E-state index >= 15 is 0 Å². The highest BCUT2D eigenvalue weighted by molar-refractivity contribution is 14.0. The minimum absolute atomic E-state index is 0. The van der Waals surface area contributed by atoms with Crippen LogP contribution < -0.4 is 10.6 Å². The van der Waals surface area contributed by atoms with Gasteiger partial charge in [0.2, 0.25) is 0 Å². The highest BCUT2D eigenvalue weighted by atomic mass is 127. The molecule has 1 heterocycles. The first-order valence-corrected chi connectivity index (χ1v) is 11.1. The molecule has 1 amide bonds. The molecule has 0 radical (unpaired) electrons. The van der Waals surface area contributed by atoms with E-state index in [0.717, 1.165) is 69.1 Å². The molecule has 1 aromatic carbocycles. The van der Waals surface area contributed by atoms with E-state index in [1.54, 1.807) is 0 Å². The fourth-order valence-electron chi connectivity index (χ4n) is 3.21. The zero-order valence-electron chi connectivity index (χ0n) is 18.8. The number of ether oxygens (including phenoxy) is 1. The van der Waals surface area contributed by atoms with Crippen molar-refractivity contribution in [2.24, 2.45) is 10.9 Å². The summed E-state index contributed by atoms with van der Waals surface area (Å²) in [4.78, 5) is 19.2. The van der Waals surface area contributed by atoms with Gasteiger partial charge in [0.25, 0.3) is 5.91 Å². The molecule has 0 atom stereocenters. The Hall–Kier alpha value is -1.35. The first kappa shape index (κ1) is 26.7. The zero-order chi connectivity index (χ0) is 20.9. The number of aliphatic imine (C=N–C) groups is 1. The van der Waals surface area contributed by atoms with Gasteiger partial charge in [-0.3, -0.25) is 4.79 Å². The maximum absolute atomic E-state index is 12.6. The number of guanidine groups is 1. The molecule has 0 aromatic heterocycles. The predicted octanol–water partition coefficient (Wildman–Crippen LogP) is 4.05. The Balaban J connectivity index is 0.00000450. The summed E-state index contributed by atoms with van der Waals surface area (Å²) >= 11 is 0. The normalized spacial score (nSPS) is 14.4. The standard InChI is InChI=1S/C23H38N4O2.HI/c1-4-24-23(25-13-17-29-16-12-19(2)3)26-18-20-8-10-21(11-9-20)22(28)27-14-6-5-7-15-27;/h8-11,19H,4-7,12-18H2,1-3H3,(H2,24,25,26);1H. The lowest BCUT2D eigenvalue weighted by molar-refractivity contribution is 0.0724. The second kappa shape index (κ2) is 15.5. The molecule has 0 spiro atoms. The number of rotatable bonds is 10. The summed E-state index contributed by atoms with van der Waals surface area (Å²) < 4.78 is 5.64. The lowest BCUT2D eigenvalue weighted by Gasteiger charge is -2.26. The molecule has 0 unspecified atom stereocenters. The number of amides is 1. The fourth-order valence-corrected chi connectivity index (χ4v) is 3.21. The molecule has 0 bridgehead atoms. The average molecular weight is 530 g/mol. The number of hydrogen-bond acceptors (Lipinski definition) is 3. The molecule has 7 heteroatoms. The van der Waals surface area contributed by atoms with Crippen molar-refractivity contribution in [2.75, 3.05) is 39.4 Å². The maximum atomic E-state index is 12.6. The Kier molecular flexibility index (Phi) is 13.7. The molecule has 0 aliphatic carbocycles. The zero-order valence-corrected chi connectivity index (χ0v) is 21.1. The van der Waals surface area contributed by atoms with Gasteiger partial charge in [-0.05, 0) is 56.2 Å². The second-order valence-corrected chi connectivity index (χ2v) is 7.97. The Bertz CT molecular complexity index is 629. The summed E-state index contributed by atoms with van der Waals surface area (Å²) in [5, 5.41) is 6.56. The monoisotopic (exact) mass is 530 g/mol. The molecule has 1 aliphatic heterocycles. The number of carbonyl (C=O) groups is 1. The van der Waals surface area contributed by atoms with Crippen LogP contribution in [-0.2, 0) is 11.3 Å². The predicted molar refractivity (Wildman–Crippen MR) is 135 cm³/mol. The van der Waals surface area contributed by atoms with Crippen LogP contribution in [-0.4, -0.2) is 56.2 Å². The van der Waals surface area contributed by atoms with Crippen LogP contribution in [0.5, 0.6) is 0 Å². The van der Waals surface area contributed by atoms with Crippen LogP contribution in [0.25, 0.3) is 0 Å². The van der Waals surface area contributed by atoms with Crippen LogP contribution in [0.1, 0.15) is 62.4 Å². The number of nitrogens with zero attached hydrogens (tertiary/aromatic N) is 2. The van der Waals surface area contributed by atoms with E-state index < -0.39 is 0 Å². The van der Waals surface area contributed by atoms with Gasteiger partial charge in [-0.2, -0.15) is 0 Å². The SMILES string of the molecule is CCNC(=NCc1ccc(C(=O)N2CCCCC2)cc1)NCCOCCC(C)C.I. The summed E-state index contributed by atoms with van der Waals surface area (Å²) in [5.41, 5.74) is 1.86. The second-order valence-electron chi connectivity index (χ2n) is 7.97. The van der Waals surface area contributed by atoms with Crippen LogP contribution in [0.15, 0.2) is 29.3 Å². The number of piperidine rings is 1. The van der Waals surface area contributed by atoms with Crippen LogP contribution in [0, 0.1) is 5.92 Å². The Morgan fingerprint density at radius 2 is 1.80 bits per heavy atom. The molecule has 2 rings (SSSR count). The lowest BCUT2D eigenvalue weighted by atomic mass is 10.1. The Morgan fingerprint density at radius 1 is 1.10 bits per heavy atom. The third-order valence-corrected chi connectivity index (χ3v) is 4.99. The van der Waals surface area contributed by atoms with Crippen molar-refractivity contribution in [3.8, 4) is 0 Å². The van der Waals surface area contributed by atoms with E-state index in [0.29, 0.717) is 19.1 Å².